The van der Waals surface area contributed by atoms with Crippen LogP contribution < -0.4 is 9.83 Å². The average molecular weight is 388 g/mol. The van der Waals surface area contributed by atoms with Crippen LogP contribution >= 0.6 is 0 Å². The molecule has 1 heterocycles. The Morgan fingerprint density at radius 2 is 1.81 bits per heavy atom. The van der Waals surface area contributed by atoms with Gasteiger partial charge in [0.05, 0.1) is 21.8 Å². The third-order valence-electron chi connectivity index (χ3n) is 3.95. The van der Waals surface area contributed by atoms with Crippen molar-refractivity contribution < 1.29 is 23.2 Å². The van der Waals surface area contributed by atoms with Crippen LogP contribution in [0.4, 0.5) is 5.69 Å². The maximum absolute atomic E-state index is 12.4. The van der Waals surface area contributed by atoms with Crippen molar-refractivity contribution in [3.8, 4) is 0 Å². The summed E-state index contributed by atoms with van der Waals surface area (Å²) in [6.45, 7) is 0. The van der Waals surface area contributed by atoms with Gasteiger partial charge in [-0.3, -0.25) is 10.1 Å². The number of nitro benzene ring substituents is 1. The Kier molecular flexibility index (Phi) is 4.93. The molecule has 9 nitrogen and oxygen atoms in total. The molecule has 1 atom stereocenters. The SMILES string of the molecule is O=C([O-])[C@H](Cc1cc2ccccc2[nH]1)NS(=O)(=O)c1ccc([N+](=O)[O-])cc1. The van der Waals surface area contributed by atoms with Crippen LogP contribution in [0.2, 0.25) is 0 Å². The van der Waals surface area contributed by atoms with Gasteiger partial charge in [0.1, 0.15) is 0 Å². The van der Waals surface area contributed by atoms with Crippen LogP contribution in [-0.4, -0.2) is 30.3 Å². The lowest BCUT2D eigenvalue weighted by atomic mass is 10.1. The molecule has 0 fully saturated rings. The second-order valence-electron chi connectivity index (χ2n) is 5.83. The molecule has 27 heavy (non-hydrogen) atoms. The van der Waals surface area contributed by atoms with Gasteiger partial charge in [0.25, 0.3) is 5.69 Å². The van der Waals surface area contributed by atoms with Crippen LogP contribution in [0.15, 0.2) is 59.5 Å². The first-order valence-electron chi connectivity index (χ1n) is 7.80. The normalized spacial score (nSPS) is 12.7. The maximum atomic E-state index is 12.4. The summed E-state index contributed by atoms with van der Waals surface area (Å²) in [4.78, 5) is 24.2. The summed E-state index contributed by atoms with van der Waals surface area (Å²) in [7, 11) is -4.20. The van der Waals surface area contributed by atoms with Gasteiger partial charge in [-0.15, -0.1) is 0 Å². The van der Waals surface area contributed by atoms with E-state index in [1.54, 1.807) is 6.07 Å². The largest absolute Gasteiger partial charge is 0.548 e. The quantitative estimate of drug-likeness (QED) is 0.450. The number of sulfonamides is 1. The van der Waals surface area contributed by atoms with E-state index in [4.69, 9.17) is 0 Å². The Balaban J connectivity index is 1.82. The highest BCUT2D eigenvalue weighted by Gasteiger charge is 2.22. The van der Waals surface area contributed by atoms with E-state index in [0.29, 0.717) is 5.69 Å². The van der Waals surface area contributed by atoms with Crippen LogP contribution in [0.3, 0.4) is 0 Å². The minimum Gasteiger partial charge on any atom is -0.548 e. The number of carboxylic acids is 1. The van der Waals surface area contributed by atoms with Crippen LogP contribution in [0.1, 0.15) is 5.69 Å². The molecule has 3 rings (SSSR count). The summed E-state index contributed by atoms with van der Waals surface area (Å²) in [5.74, 6) is -1.58. The summed E-state index contributed by atoms with van der Waals surface area (Å²) < 4.78 is 26.9. The number of hydrogen-bond donors (Lipinski definition) is 2. The van der Waals surface area contributed by atoms with Gasteiger partial charge in [-0.2, -0.15) is 0 Å². The molecule has 0 saturated heterocycles. The number of carboxylic acid groups (broad SMARTS) is 1. The third kappa shape index (κ3) is 4.13. The highest BCUT2D eigenvalue weighted by atomic mass is 32.2. The summed E-state index contributed by atoms with van der Waals surface area (Å²) in [6.07, 6.45) is -0.150. The summed E-state index contributed by atoms with van der Waals surface area (Å²) in [5.41, 5.74) is 1.04. The molecule has 0 unspecified atom stereocenters. The predicted octanol–water partition coefficient (Wildman–Crippen LogP) is 0.716. The highest BCUT2D eigenvalue weighted by Crippen LogP contribution is 2.18. The number of carbonyl (C=O) groups is 1. The van der Waals surface area contributed by atoms with Gasteiger partial charge in [-0.05, 0) is 29.7 Å². The summed E-state index contributed by atoms with van der Waals surface area (Å²) in [6, 6.07) is 11.6. The molecule has 1 aromatic heterocycles. The van der Waals surface area contributed by atoms with E-state index in [-0.39, 0.29) is 17.0 Å². The lowest BCUT2D eigenvalue weighted by Gasteiger charge is -2.19. The van der Waals surface area contributed by atoms with Gasteiger partial charge >= 0.3 is 0 Å². The van der Waals surface area contributed by atoms with E-state index in [0.717, 1.165) is 35.2 Å². The first kappa shape index (κ1) is 18.5. The zero-order valence-corrected chi connectivity index (χ0v) is 14.6. The Morgan fingerprint density at radius 1 is 1.15 bits per heavy atom. The number of fused-ring (bicyclic) bond motifs is 1. The number of para-hydroxylation sites is 1. The fourth-order valence-corrected chi connectivity index (χ4v) is 3.82. The first-order chi connectivity index (χ1) is 12.8. The monoisotopic (exact) mass is 388 g/mol. The van der Waals surface area contributed by atoms with Crippen molar-refractivity contribution >= 4 is 32.6 Å². The molecule has 0 saturated carbocycles. The molecule has 0 amide bonds. The number of benzene rings is 2. The average Bonchev–Trinajstić information content (AvgIpc) is 3.03. The lowest BCUT2D eigenvalue weighted by Crippen LogP contribution is -2.49. The number of rotatable bonds is 7. The molecule has 0 spiro atoms. The van der Waals surface area contributed by atoms with E-state index in [9.17, 15) is 28.4 Å². The Hall–Kier alpha value is -3.24. The van der Waals surface area contributed by atoms with Crippen molar-refractivity contribution in [2.24, 2.45) is 0 Å². The highest BCUT2D eigenvalue weighted by molar-refractivity contribution is 7.89. The molecule has 0 aliphatic rings. The van der Waals surface area contributed by atoms with Gasteiger partial charge in [-0.25, -0.2) is 13.1 Å². The Bertz CT molecular complexity index is 1070. The van der Waals surface area contributed by atoms with Crippen molar-refractivity contribution in [3.63, 3.8) is 0 Å². The van der Waals surface area contributed by atoms with Crippen LogP contribution in [0.25, 0.3) is 10.9 Å². The molecule has 0 aliphatic carbocycles. The van der Waals surface area contributed by atoms with Crippen molar-refractivity contribution in [1.29, 1.82) is 0 Å². The van der Waals surface area contributed by atoms with Crippen LogP contribution in [0, 0.1) is 10.1 Å². The molecule has 140 valence electrons. The van der Waals surface area contributed by atoms with Crippen molar-refractivity contribution in [1.82, 2.24) is 9.71 Å². The van der Waals surface area contributed by atoms with Crippen LogP contribution in [0.5, 0.6) is 0 Å². The molecule has 2 N–H and O–H groups in total. The molecular formula is C17H14N3O6S-. The minimum atomic E-state index is -4.20. The van der Waals surface area contributed by atoms with Gasteiger partial charge in [0.15, 0.2) is 0 Å². The molecule has 0 radical (unpaired) electrons. The van der Waals surface area contributed by atoms with Gasteiger partial charge in [0, 0.05) is 29.8 Å². The lowest BCUT2D eigenvalue weighted by molar-refractivity contribution is -0.384. The third-order valence-corrected chi connectivity index (χ3v) is 5.44. The molecule has 2 aromatic carbocycles. The van der Waals surface area contributed by atoms with E-state index in [2.05, 4.69) is 9.71 Å². The summed E-state index contributed by atoms with van der Waals surface area (Å²) >= 11 is 0. The van der Waals surface area contributed by atoms with Gasteiger partial charge in [-0.1, -0.05) is 18.2 Å². The number of aromatic amines is 1. The molecule has 0 aliphatic heterocycles. The second-order valence-corrected chi connectivity index (χ2v) is 7.54. The Labute approximate surface area is 153 Å². The van der Waals surface area contributed by atoms with Gasteiger partial charge < -0.3 is 14.9 Å². The predicted molar refractivity (Wildman–Crippen MR) is 94.2 cm³/mol. The van der Waals surface area contributed by atoms with Crippen LogP contribution in [-0.2, 0) is 21.2 Å². The number of aromatic nitrogens is 1. The number of carbonyl (C=O) groups excluding carboxylic acids is 1. The smallest absolute Gasteiger partial charge is 0.269 e. The number of nitrogens with one attached hydrogen (secondary N) is 2. The molecule has 0 bridgehead atoms. The van der Waals surface area contributed by atoms with E-state index in [1.165, 1.54) is 0 Å². The van der Waals surface area contributed by atoms with Crippen molar-refractivity contribution in [2.45, 2.75) is 17.4 Å². The summed E-state index contributed by atoms with van der Waals surface area (Å²) in [5, 5.41) is 23.0. The zero-order chi connectivity index (χ0) is 19.6. The number of aliphatic carboxylic acids is 1. The van der Waals surface area contributed by atoms with Crippen molar-refractivity contribution in [2.75, 3.05) is 0 Å². The fraction of sp³-hybridized carbons (Fsp3) is 0.118. The van der Waals surface area contributed by atoms with Gasteiger partial charge in [0.2, 0.25) is 10.0 Å². The second kappa shape index (κ2) is 7.17. The molecular weight excluding hydrogens is 374 g/mol. The number of non-ortho nitro benzene ring substituents is 1. The maximum Gasteiger partial charge on any atom is 0.269 e. The first-order valence-corrected chi connectivity index (χ1v) is 9.29. The van der Waals surface area contributed by atoms with E-state index < -0.39 is 27.0 Å². The van der Waals surface area contributed by atoms with E-state index >= 15 is 0 Å². The topological polar surface area (TPSA) is 145 Å². The Morgan fingerprint density at radius 3 is 2.41 bits per heavy atom. The number of H-pyrrole nitrogens is 1. The fourth-order valence-electron chi connectivity index (χ4n) is 2.64. The number of nitrogens with zero attached hydrogens (tertiary/aromatic N) is 1. The number of hydrogen-bond acceptors (Lipinski definition) is 6. The standard InChI is InChI=1S/C17H15N3O6S/c21-17(22)16(10-12-9-11-3-1-2-4-15(11)18-12)19-27(25,26)14-7-5-13(6-8-14)20(23)24/h1-9,16,18-19H,10H2,(H,21,22)/p-1/t16-/m0/s1. The van der Waals surface area contributed by atoms with E-state index in [1.807, 2.05) is 24.3 Å². The minimum absolute atomic E-state index is 0.150. The molecule has 10 heteroatoms. The molecule has 3 aromatic rings. The van der Waals surface area contributed by atoms with Crippen molar-refractivity contribution in [3.05, 3.63) is 70.4 Å². The number of nitro groups is 1. The zero-order valence-electron chi connectivity index (χ0n) is 13.8.